The molecule has 1 fully saturated rings. The topological polar surface area (TPSA) is 30.5 Å². The number of hydrogen-bond donors (Lipinski definition) is 1. The van der Waals surface area contributed by atoms with E-state index in [0.717, 1.165) is 37.0 Å². The van der Waals surface area contributed by atoms with Crippen LogP contribution in [-0.2, 0) is 0 Å². The molecule has 3 rings (SSSR count). The smallest absolute Gasteiger partial charge is 0.124 e. The number of benzene rings is 1. The van der Waals surface area contributed by atoms with E-state index >= 15 is 0 Å². The second-order valence-corrected chi connectivity index (χ2v) is 6.34. The van der Waals surface area contributed by atoms with Crippen molar-refractivity contribution in [3.8, 4) is 11.5 Å². The van der Waals surface area contributed by atoms with Gasteiger partial charge in [0.15, 0.2) is 0 Å². The number of ether oxygens (including phenoxy) is 2. The Kier molecular flexibility index (Phi) is 5.02. The van der Waals surface area contributed by atoms with Gasteiger partial charge in [-0.25, -0.2) is 0 Å². The molecule has 1 unspecified atom stereocenters. The second-order valence-electron chi connectivity index (χ2n) is 6.34. The molecule has 116 valence electrons. The van der Waals surface area contributed by atoms with Crippen molar-refractivity contribution < 1.29 is 9.47 Å². The molecule has 0 saturated heterocycles. The van der Waals surface area contributed by atoms with Gasteiger partial charge in [-0.1, -0.05) is 25.7 Å². The Hall–Kier alpha value is -1.22. The normalized spacial score (nSPS) is 21.9. The SMILES string of the molecule is COc1ccc2c(c1)C(NCCCC1CCCC1)CCO2. The predicted molar refractivity (Wildman–Crippen MR) is 85.0 cm³/mol. The highest BCUT2D eigenvalue weighted by Crippen LogP contribution is 2.35. The van der Waals surface area contributed by atoms with Crippen LogP contribution in [0.25, 0.3) is 0 Å². The highest BCUT2D eigenvalue weighted by atomic mass is 16.5. The number of nitrogens with one attached hydrogen (secondary N) is 1. The van der Waals surface area contributed by atoms with Crippen LogP contribution < -0.4 is 14.8 Å². The molecule has 2 aliphatic rings. The molecular formula is C18H27NO2. The maximum absolute atomic E-state index is 5.75. The molecule has 0 spiro atoms. The molecule has 1 N–H and O–H groups in total. The zero-order valence-electron chi connectivity index (χ0n) is 13.1. The van der Waals surface area contributed by atoms with Crippen molar-refractivity contribution >= 4 is 0 Å². The summed E-state index contributed by atoms with van der Waals surface area (Å²) in [4.78, 5) is 0. The maximum Gasteiger partial charge on any atom is 0.124 e. The van der Waals surface area contributed by atoms with Crippen LogP contribution in [-0.4, -0.2) is 20.3 Å². The van der Waals surface area contributed by atoms with Crippen molar-refractivity contribution in [1.82, 2.24) is 5.32 Å². The minimum atomic E-state index is 0.410. The van der Waals surface area contributed by atoms with Gasteiger partial charge in [-0.2, -0.15) is 0 Å². The largest absolute Gasteiger partial charge is 0.497 e. The zero-order valence-corrected chi connectivity index (χ0v) is 13.1. The van der Waals surface area contributed by atoms with E-state index in [1.807, 2.05) is 12.1 Å². The fraction of sp³-hybridized carbons (Fsp3) is 0.667. The summed E-state index contributed by atoms with van der Waals surface area (Å²) in [7, 11) is 1.72. The first-order chi connectivity index (χ1) is 10.4. The molecule has 1 aromatic carbocycles. The molecule has 0 aromatic heterocycles. The molecule has 0 amide bonds. The lowest BCUT2D eigenvalue weighted by molar-refractivity contribution is 0.251. The van der Waals surface area contributed by atoms with E-state index in [0.29, 0.717) is 6.04 Å². The van der Waals surface area contributed by atoms with E-state index in [4.69, 9.17) is 9.47 Å². The predicted octanol–water partition coefficient (Wildman–Crippen LogP) is 4.08. The Labute approximate surface area is 128 Å². The zero-order chi connectivity index (χ0) is 14.5. The van der Waals surface area contributed by atoms with E-state index < -0.39 is 0 Å². The van der Waals surface area contributed by atoms with Gasteiger partial charge in [0.2, 0.25) is 0 Å². The third-order valence-electron chi connectivity index (χ3n) is 4.91. The number of methoxy groups -OCH3 is 1. The van der Waals surface area contributed by atoms with Gasteiger partial charge in [0, 0.05) is 18.0 Å². The molecule has 1 saturated carbocycles. The van der Waals surface area contributed by atoms with Gasteiger partial charge in [-0.3, -0.25) is 0 Å². The Balaban J connectivity index is 1.52. The van der Waals surface area contributed by atoms with Crippen molar-refractivity contribution in [1.29, 1.82) is 0 Å². The van der Waals surface area contributed by atoms with Gasteiger partial charge in [0.1, 0.15) is 11.5 Å². The summed E-state index contributed by atoms with van der Waals surface area (Å²) in [5.41, 5.74) is 1.25. The third kappa shape index (κ3) is 3.70. The average Bonchev–Trinajstić information content (AvgIpc) is 3.04. The lowest BCUT2D eigenvalue weighted by Gasteiger charge is -2.27. The summed E-state index contributed by atoms with van der Waals surface area (Å²) in [6.45, 7) is 1.91. The van der Waals surface area contributed by atoms with Crippen LogP contribution in [0.3, 0.4) is 0 Å². The van der Waals surface area contributed by atoms with Gasteiger partial charge in [-0.05, 0) is 43.5 Å². The van der Waals surface area contributed by atoms with Crippen LogP contribution in [0.4, 0.5) is 0 Å². The number of fused-ring (bicyclic) bond motifs is 1. The molecule has 3 nitrogen and oxygen atoms in total. The Morgan fingerprint density at radius 1 is 1.24 bits per heavy atom. The van der Waals surface area contributed by atoms with Gasteiger partial charge in [0.25, 0.3) is 0 Å². The van der Waals surface area contributed by atoms with Crippen LogP contribution >= 0.6 is 0 Å². The molecular weight excluding hydrogens is 262 g/mol. The molecule has 1 aliphatic heterocycles. The lowest BCUT2D eigenvalue weighted by Crippen LogP contribution is -2.28. The first kappa shape index (κ1) is 14.7. The van der Waals surface area contributed by atoms with Crippen molar-refractivity contribution in [2.75, 3.05) is 20.3 Å². The molecule has 1 aromatic rings. The molecule has 1 heterocycles. The van der Waals surface area contributed by atoms with Gasteiger partial charge in [-0.15, -0.1) is 0 Å². The summed E-state index contributed by atoms with van der Waals surface area (Å²) >= 11 is 0. The standard InChI is InChI=1S/C18H27NO2/c1-20-15-8-9-18-16(13-15)17(10-12-21-18)19-11-4-7-14-5-2-3-6-14/h8-9,13-14,17,19H,2-7,10-12H2,1H3. The van der Waals surface area contributed by atoms with Crippen LogP contribution in [0.5, 0.6) is 11.5 Å². The quantitative estimate of drug-likeness (QED) is 0.800. The van der Waals surface area contributed by atoms with Gasteiger partial charge in [0.05, 0.1) is 13.7 Å². The first-order valence-electron chi connectivity index (χ1n) is 8.41. The van der Waals surface area contributed by atoms with Gasteiger partial charge < -0.3 is 14.8 Å². The molecule has 21 heavy (non-hydrogen) atoms. The van der Waals surface area contributed by atoms with E-state index in [2.05, 4.69) is 11.4 Å². The maximum atomic E-state index is 5.75. The molecule has 1 aliphatic carbocycles. The third-order valence-corrected chi connectivity index (χ3v) is 4.91. The summed E-state index contributed by atoms with van der Waals surface area (Å²) in [6, 6.07) is 6.53. The summed E-state index contributed by atoms with van der Waals surface area (Å²) in [5.74, 6) is 2.92. The van der Waals surface area contributed by atoms with Crippen LogP contribution in [0.2, 0.25) is 0 Å². The Morgan fingerprint density at radius 3 is 2.90 bits per heavy atom. The minimum Gasteiger partial charge on any atom is -0.497 e. The van der Waals surface area contributed by atoms with Crippen molar-refractivity contribution in [3.63, 3.8) is 0 Å². The second kappa shape index (κ2) is 7.17. The molecule has 1 atom stereocenters. The van der Waals surface area contributed by atoms with Crippen LogP contribution in [0, 0.1) is 5.92 Å². The van der Waals surface area contributed by atoms with Crippen molar-refractivity contribution in [2.45, 2.75) is 51.0 Å². The van der Waals surface area contributed by atoms with E-state index in [1.54, 1.807) is 7.11 Å². The summed E-state index contributed by atoms with van der Waals surface area (Å²) < 4.78 is 11.1. The van der Waals surface area contributed by atoms with E-state index in [1.165, 1.54) is 44.1 Å². The van der Waals surface area contributed by atoms with Crippen molar-refractivity contribution in [2.24, 2.45) is 5.92 Å². The van der Waals surface area contributed by atoms with Gasteiger partial charge >= 0.3 is 0 Å². The highest BCUT2D eigenvalue weighted by Gasteiger charge is 2.22. The fourth-order valence-electron chi connectivity index (χ4n) is 3.68. The first-order valence-corrected chi connectivity index (χ1v) is 8.41. The minimum absolute atomic E-state index is 0.410. The van der Waals surface area contributed by atoms with E-state index in [9.17, 15) is 0 Å². The molecule has 0 bridgehead atoms. The fourth-order valence-corrected chi connectivity index (χ4v) is 3.68. The summed E-state index contributed by atoms with van der Waals surface area (Å²) in [5, 5.41) is 3.72. The lowest BCUT2D eigenvalue weighted by atomic mass is 9.99. The molecule has 0 radical (unpaired) electrons. The monoisotopic (exact) mass is 289 g/mol. The Morgan fingerprint density at radius 2 is 2.10 bits per heavy atom. The molecule has 3 heteroatoms. The van der Waals surface area contributed by atoms with Crippen molar-refractivity contribution in [3.05, 3.63) is 23.8 Å². The number of hydrogen-bond acceptors (Lipinski definition) is 3. The van der Waals surface area contributed by atoms with Crippen LogP contribution in [0.15, 0.2) is 18.2 Å². The Bertz CT molecular complexity index is 455. The van der Waals surface area contributed by atoms with Crippen LogP contribution in [0.1, 0.15) is 56.6 Å². The highest BCUT2D eigenvalue weighted by molar-refractivity contribution is 5.43. The average molecular weight is 289 g/mol. The van der Waals surface area contributed by atoms with E-state index in [-0.39, 0.29) is 0 Å². The summed E-state index contributed by atoms with van der Waals surface area (Å²) in [6.07, 6.45) is 9.54. The number of rotatable bonds is 6.